The Morgan fingerprint density at radius 2 is 2.00 bits per heavy atom. The number of benzene rings is 2. The second-order valence-electron chi connectivity index (χ2n) is 4.41. The summed E-state index contributed by atoms with van der Waals surface area (Å²) in [5, 5.41) is 20.9. The molecule has 21 heavy (non-hydrogen) atoms. The summed E-state index contributed by atoms with van der Waals surface area (Å²) in [5.41, 5.74) is -0.00616. The molecule has 0 aliphatic carbocycles. The molecule has 0 saturated carbocycles. The smallest absolute Gasteiger partial charge is 0.314 e. The number of nitro groups is 1. The molecule has 5 nitrogen and oxygen atoms in total. The quantitative estimate of drug-likeness (QED) is 0.668. The first-order chi connectivity index (χ1) is 10.0. The molecule has 0 aliphatic heterocycles. The van der Waals surface area contributed by atoms with E-state index in [1.54, 1.807) is 25.1 Å². The van der Waals surface area contributed by atoms with Crippen LogP contribution in [0.1, 0.15) is 25.0 Å². The molecule has 0 spiro atoms. The highest BCUT2D eigenvalue weighted by Gasteiger charge is 2.22. The van der Waals surface area contributed by atoms with E-state index < -0.39 is 28.3 Å². The summed E-state index contributed by atoms with van der Waals surface area (Å²) < 4.78 is 19.2. The molecular formula is C15H14FNO4. The predicted octanol–water partition coefficient (Wildman–Crippen LogP) is 3.97. The number of halogens is 1. The molecule has 0 bridgehead atoms. The lowest BCUT2D eigenvalue weighted by Gasteiger charge is -2.14. The Morgan fingerprint density at radius 1 is 1.29 bits per heavy atom. The van der Waals surface area contributed by atoms with Crippen LogP contribution in [0.15, 0.2) is 42.5 Å². The van der Waals surface area contributed by atoms with Crippen molar-refractivity contribution < 1.29 is 19.2 Å². The molecule has 110 valence electrons. The molecule has 2 aromatic carbocycles. The maximum Gasteiger partial charge on any atom is 0.314 e. The largest absolute Gasteiger partial charge is 0.447 e. The van der Waals surface area contributed by atoms with E-state index in [-0.39, 0.29) is 5.75 Å². The molecule has 0 fully saturated rings. The van der Waals surface area contributed by atoms with Gasteiger partial charge in [0, 0.05) is 11.6 Å². The number of nitrogens with zero attached hydrogens (tertiary/aromatic N) is 1. The zero-order chi connectivity index (χ0) is 15.4. The third-order valence-electron chi connectivity index (χ3n) is 3.02. The van der Waals surface area contributed by atoms with E-state index in [1.807, 2.05) is 0 Å². The van der Waals surface area contributed by atoms with Crippen LogP contribution in [0.25, 0.3) is 0 Å². The third-order valence-corrected chi connectivity index (χ3v) is 3.02. The van der Waals surface area contributed by atoms with Crippen molar-refractivity contribution in [1.29, 1.82) is 0 Å². The number of aliphatic hydroxyl groups excluding tert-OH is 1. The SMILES string of the molecule is CC[C@H](O)c1ccccc1Oc1c(F)cccc1[N+](=O)[O-]. The zero-order valence-electron chi connectivity index (χ0n) is 11.3. The summed E-state index contributed by atoms with van der Waals surface area (Å²) in [6.07, 6.45) is -0.341. The summed E-state index contributed by atoms with van der Waals surface area (Å²) in [6, 6.07) is 10.0. The Morgan fingerprint density at radius 3 is 2.67 bits per heavy atom. The fourth-order valence-electron chi connectivity index (χ4n) is 1.92. The fraction of sp³-hybridized carbons (Fsp3) is 0.200. The standard InChI is InChI=1S/C15H14FNO4/c1-2-13(18)10-6-3-4-9-14(10)21-15-11(16)7-5-8-12(15)17(19)20/h3-9,13,18H,2H2,1H3/t13-/m0/s1. The van der Waals surface area contributed by atoms with Crippen LogP contribution in [0.5, 0.6) is 11.5 Å². The van der Waals surface area contributed by atoms with E-state index in [9.17, 15) is 19.6 Å². The van der Waals surface area contributed by atoms with Crippen molar-refractivity contribution in [3.63, 3.8) is 0 Å². The number of para-hydroxylation sites is 2. The summed E-state index contributed by atoms with van der Waals surface area (Å²) in [7, 11) is 0. The van der Waals surface area contributed by atoms with Crippen LogP contribution in [0.3, 0.4) is 0 Å². The molecular weight excluding hydrogens is 277 g/mol. The molecule has 6 heteroatoms. The van der Waals surface area contributed by atoms with Crippen LogP contribution in [-0.2, 0) is 0 Å². The van der Waals surface area contributed by atoms with Gasteiger partial charge in [0.15, 0.2) is 5.82 Å². The Labute approximate surface area is 120 Å². The monoisotopic (exact) mass is 291 g/mol. The summed E-state index contributed by atoms with van der Waals surface area (Å²) >= 11 is 0. The van der Waals surface area contributed by atoms with Crippen LogP contribution in [0.2, 0.25) is 0 Å². The number of nitro benzene ring substituents is 1. The van der Waals surface area contributed by atoms with E-state index in [0.29, 0.717) is 12.0 Å². The highest BCUT2D eigenvalue weighted by molar-refractivity contribution is 5.50. The lowest BCUT2D eigenvalue weighted by molar-refractivity contribution is -0.385. The molecule has 1 atom stereocenters. The minimum atomic E-state index is -0.829. The lowest BCUT2D eigenvalue weighted by Crippen LogP contribution is -2.01. The van der Waals surface area contributed by atoms with Crippen molar-refractivity contribution in [3.05, 3.63) is 64.0 Å². The number of aliphatic hydroxyl groups is 1. The molecule has 1 N–H and O–H groups in total. The second-order valence-corrected chi connectivity index (χ2v) is 4.41. The van der Waals surface area contributed by atoms with Gasteiger partial charge in [-0.3, -0.25) is 10.1 Å². The minimum Gasteiger partial charge on any atom is -0.447 e. The van der Waals surface area contributed by atoms with Crippen LogP contribution >= 0.6 is 0 Å². The van der Waals surface area contributed by atoms with Crippen molar-refractivity contribution in [2.24, 2.45) is 0 Å². The molecule has 0 saturated heterocycles. The molecule has 0 aliphatic rings. The summed E-state index contributed by atoms with van der Waals surface area (Å²) in [4.78, 5) is 10.2. The van der Waals surface area contributed by atoms with Crippen LogP contribution in [-0.4, -0.2) is 10.0 Å². The third kappa shape index (κ3) is 3.17. The first-order valence-electron chi connectivity index (χ1n) is 6.42. The van der Waals surface area contributed by atoms with Gasteiger partial charge in [-0.05, 0) is 18.6 Å². The number of hydrogen-bond acceptors (Lipinski definition) is 4. The molecule has 2 rings (SSSR count). The molecule has 0 radical (unpaired) electrons. The van der Waals surface area contributed by atoms with Crippen molar-refractivity contribution in [1.82, 2.24) is 0 Å². The highest BCUT2D eigenvalue weighted by Crippen LogP contribution is 2.37. The van der Waals surface area contributed by atoms with Crippen LogP contribution < -0.4 is 4.74 Å². The van der Waals surface area contributed by atoms with Gasteiger partial charge in [-0.2, -0.15) is 0 Å². The van der Waals surface area contributed by atoms with Gasteiger partial charge < -0.3 is 9.84 Å². The fourth-order valence-corrected chi connectivity index (χ4v) is 1.92. The van der Waals surface area contributed by atoms with Gasteiger partial charge in [-0.25, -0.2) is 4.39 Å². The van der Waals surface area contributed by atoms with Crippen LogP contribution in [0, 0.1) is 15.9 Å². The number of ether oxygens (including phenoxy) is 1. The van der Waals surface area contributed by atoms with Crippen LogP contribution in [0.4, 0.5) is 10.1 Å². The van der Waals surface area contributed by atoms with Crippen molar-refractivity contribution in [3.8, 4) is 11.5 Å². The zero-order valence-corrected chi connectivity index (χ0v) is 11.3. The first kappa shape index (κ1) is 14.9. The molecule has 0 heterocycles. The average Bonchev–Trinajstić information content (AvgIpc) is 2.48. The van der Waals surface area contributed by atoms with E-state index in [0.717, 1.165) is 12.1 Å². The molecule has 0 aromatic heterocycles. The van der Waals surface area contributed by atoms with E-state index in [2.05, 4.69) is 0 Å². The van der Waals surface area contributed by atoms with Gasteiger partial charge >= 0.3 is 5.69 Å². The second kappa shape index (κ2) is 6.32. The topological polar surface area (TPSA) is 72.6 Å². The maximum atomic E-state index is 13.8. The van der Waals surface area contributed by atoms with Gasteiger partial charge in [-0.15, -0.1) is 0 Å². The average molecular weight is 291 g/mol. The van der Waals surface area contributed by atoms with E-state index in [4.69, 9.17) is 4.74 Å². The van der Waals surface area contributed by atoms with E-state index >= 15 is 0 Å². The van der Waals surface area contributed by atoms with Crippen molar-refractivity contribution >= 4 is 5.69 Å². The molecule has 0 unspecified atom stereocenters. The van der Waals surface area contributed by atoms with Gasteiger partial charge in [0.2, 0.25) is 5.75 Å². The lowest BCUT2D eigenvalue weighted by atomic mass is 10.1. The molecule has 0 amide bonds. The Balaban J connectivity index is 2.46. The number of hydrogen-bond donors (Lipinski definition) is 1. The van der Waals surface area contributed by atoms with Crippen molar-refractivity contribution in [2.45, 2.75) is 19.4 Å². The van der Waals surface area contributed by atoms with Gasteiger partial charge in [0.1, 0.15) is 5.75 Å². The minimum absolute atomic E-state index is 0.194. The number of rotatable bonds is 5. The maximum absolute atomic E-state index is 13.8. The highest BCUT2D eigenvalue weighted by atomic mass is 19.1. The van der Waals surface area contributed by atoms with Crippen molar-refractivity contribution in [2.75, 3.05) is 0 Å². The summed E-state index contributed by atoms with van der Waals surface area (Å²) in [5.74, 6) is -1.09. The Bertz CT molecular complexity index is 660. The molecule has 2 aromatic rings. The Kier molecular flexibility index (Phi) is 4.49. The van der Waals surface area contributed by atoms with E-state index in [1.165, 1.54) is 12.1 Å². The first-order valence-corrected chi connectivity index (χ1v) is 6.42. The normalized spacial score (nSPS) is 12.0. The van der Waals surface area contributed by atoms with Gasteiger partial charge in [0.25, 0.3) is 0 Å². The Hall–Kier alpha value is -2.47. The van der Waals surface area contributed by atoms with Gasteiger partial charge in [0.05, 0.1) is 11.0 Å². The predicted molar refractivity (Wildman–Crippen MR) is 74.8 cm³/mol. The summed E-state index contributed by atoms with van der Waals surface area (Å²) in [6.45, 7) is 1.78. The van der Waals surface area contributed by atoms with Gasteiger partial charge in [-0.1, -0.05) is 31.2 Å².